The van der Waals surface area contributed by atoms with Gasteiger partial charge in [-0.1, -0.05) is 18.2 Å². The lowest BCUT2D eigenvalue weighted by molar-refractivity contribution is -0.121. The number of nitrogens with zero attached hydrogens (tertiary/aromatic N) is 1. The zero-order valence-corrected chi connectivity index (χ0v) is 16.5. The largest absolute Gasteiger partial charge is 0.497 e. The van der Waals surface area contributed by atoms with Gasteiger partial charge in [-0.2, -0.15) is 0 Å². The van der Waals surface area contributed by atoms with Gasteiger partial charge in [0.1, 0.15) is 12.3 Å². The lowest BCUT2D eigenvalue weighted by atomic mass is 10.1. The Bertz CT molecular complexity index is 1200. The molecule has 2 aromatic carbocycles. The predicted molar refractivity (Wildman–Crippen MR) is 114 cm³/mol. The van der Waals surface area contributed by atoms with Gasteiger partial charge in [0.2, 0.25) is 5.91 Å². The molecular weight excluding hydrogens is 366 g/mol. The van der Waals surface area contributed by atoms with Crippen molar-refractivity contribution < 1.29 is 14.3 Å². The second-order valence-electron chi connectivity index (χ2n) is 7.07. The van der Waals surface area contributed by atoms with Crippen molar-refractivity contribution in [3.63, 3.8) is 0 Å². The monoisotopic (exact) mass is 389 g/mol. The fourth-order valence-electron chi connectivity index (χ4n) is 3.70. The molecule has 0 spiro atoms. The van der Waals surface area contributed by atoms with Crippen molar-refractivity contribution in [1.82, 2.24) is 14.9 Å². The topological polar surface area (TPSA) is 76.1 Å². The van der Waals surface area contributed by atoms with Gasteiger partial charge in [0.15, 0.2) is 5.78 Å². The van der Waals surface area contributed by atoms with Crippen LogP contribution >= 0.6 is 0 Å². The van der Waals surface area contributed by atoms with E-state index in [1.54, 1.807) is 20.2 Å². The maximum absolute atomic E-state index is 12.5. The predicted octanol–water partition coefficient (Wildman–Crippen LogP) is 3.69. The number of methoxy groups -OCH3 is 1. The summed E-state index contributed by atoms with van der Waals surface area (Å²) < 4.78 is 7.13. The van der Waals surface area contributed by atoms with Crippen LogP contribution in [0.1, 0.15) is 22.8 Å². The fraction of sp³-hybridized carbons (Fsp3) is 0.217. The third-order valence-corrected chi connectivity index (χ3v) is 5.17. The molecule has 0 aliphatic rings. The maximum atomic E-state index is 12.5. The van der Waals surface area contributed by atoms with Gasteiger partial charge < -0.3 is 19.6 Å². The first kappa shape index (κ1) is 18.8. The molecular formula is C23H23N3O3. The van der Waals surface area contributed by atoms with E-state index in [0.717, 1.165) is 33.1 Å². The highest BCUT2D eigenvalue weighted by Gasteiger charge is 2.13. The minimum atomic E-state index is -0.0849. The first-order chi connectivity index (χ1) is 14.1. The van der Waals surface area contributed by atoms with Gasteiger partial charge in [-0.05, 0) is 43.2 Å². The third-order valence-electron chi connectivity index (χ3n) is 5.17. The molecule has 0 bridgehead atoms. The molecule has 2 heterocycles. The lowest BCUT2D eigenvalue weighted by Crippen LogP contribution is -2.29. The highest BCUT2D eigenvalue weighted by atomic mass is 16.5. The number of aromatic amines is 1. The number of hydrogen-bond acceptors (Lipinski definition) is 3. The van der Waals surface area contributed by atoms with Gasteiger partial charge in [-0.15, -0.1) is 0 Å². The Morgan fingerprint density at radius 2 is 1.97 bits per heavy atom. The second kappa shape index (κ2) is 7.83. The summed E-state index contributed by atoms with van der Waals surface area (Å²) in [5, 5.41) is 4.95. The van der Waals surface area contributed by atoms with Gasteiger partial charge >= 0.3 is 0 Å². The Kier molecular flexibility index (Phi) is 5.08. The average Bonchev–Trinajstić information content (AvgIpc) is 3.29. The molecule has 29 heavy (non-hydrogen) atoms. The van der Waals surface area contributed by atoms with Crippen molar-refractivity contribution >= 4 is 33.5 Å². The Morgan fingerprint density at radius 1 is 1.14 bits per heavy atom. The van der Waals surface area contributed by atoms with E-state index in [9.17, 15) is 9.59 Å². The summed E-state index contributed by atoms with van der Waals surface area (Å²) >= 11 is 0. The summed E-state index contributed by atoms with van der Waals surface area (Å²) in [7, 11) is 1.65. The number of ketones is 1. The van der Waals surface area contributed by atoms with Crippen LogP contribution < -0.4 is 10.1 Å². The van der Waals surface area contributed by atoms with Gasteiger partial charge in [-0.3, -0.25) is 9.59 Å². The molecule has 6 nitrogen and oxygen atoms in total. The molecule has 2 N–H and O–H groups in total. The number of nitrogens with one attached hydrogen (secondary N) is 2. The van der Waals surface area contributed by atoms with Crippen LogP contribution in [0.15, 0.2) is 54.9 Å². The maximum Gasteiger partial charge on any atom is 0.239 e. The number of para-hydroxylation sites is 1. The number of fused-ring (bicyclic) bond motifs is 2. The SMILES string of the molecule is COc1ccc2[nH]cc(CCNC(=O)Cn3cc(C(C)=O)c4ccccc43)c2c1. The summed E-state index contributed by atoms with van der Waals surface area (Å²) in [6.45, 7) is 2.25. The van der Waals surface area contributed by atoms with Crippen molar-refractivity contribution in [3.8, 4) is 5.75 Å². The quantitative estimate of drug-likeness (QED) is 0.473. The first-order valence-corrected chi connectivity index (χ1v) is 9.56. The van der Waals surface area contributed by atoms with Crippen LogP contribution in [-0.2, 0) is 17.8 Å². The van der Waals surface area contributed by atoms with E-state index >= 15 is 0 Å². The number of benzene rings is 2. The highest BCUT2D eigenvalue weighted by Crippen LogP contribution is 2.24. The van der Waals surface area contributed by atoms with E-state index in [4.69, 9.17) is 4.74 Å². The standard InChI is InChI=1S/C23H23N3O3/c1-15(27)20-13-26(22-6-4-3-5-18(20)22)14-23(28)24-10-9-16-12-25-21-8-7-17(29-2)11-19(16)21/h3-8,11-13,25H,9-10,14H2,1-2H3,(H,24,28). The van der Waals surface area contributed by atoms with E-state index < -0.39 is 0 Å². The van der Waals surface area contributed by atoms with E-state index in [0.29, 0.717) is 18.5 Å². The molecule has 2 aromatic heterocycles. The minimum absolute atomic E-state index is 0.00452. The molecule has 6 heteroatoms. The number of amides is 1. The van der Waals surface area contributed by atoms with Crippen molar-refractivity contribution in [2.45, 2.75) is 19.9 Å². The number of carbonyl (C=O) groups excluding carboxylic acids is 2. The zero-order valence-electron chi connectivity index (χ0n) is 16.5. The number of aromatic nitrogens is 2. The summed E-state index contributed by atoms with van der Waals surface area (Å²) in [6.07, 6.45) is 4.44. The summed E-state index contributed by atoms with van der Waals surface area (Å²) in [4.78, 5) is 27.6. The van der Waals surface area contributed by atoms with Gasteiger partial charge in [0, 0.05) is 46.3 Å². The minimum Gasteiger partial charge on any atom is -0.497 e. The van der Waals surface area contributed by atoms with E-state index in [1.807, 2.05) is 53.2 Å². The van der Waals surface area contributed by atoms with Crippen molar-refractivity contribution in [1.29, 1.82) is 0 Å². The molecule has 0 saturated carbocycles. The summed E-state index contributed by atoms with van der Waals surface area (Å²) in [5.74, 6) is 0.719. The smallest absolute Gasteiger partial charge is 0.239 e. The van der Waals surface area contributed by atoms with Crippen LogP contribution in [0.4, 0.5) is 0 Å². The molecule has 0 fully saturated rings. The summed E-state index contributed by atoms with van der Waals surface area (Å²) in [6, 6.07) is 13.5. The Balaban J connectivity index is 1.43. The molecule has 148 valence electrons. The Morgan fingerprint density at radius 3 is 2.76 bits per heavy atom. The van der Waals surface area contributed by atoms with E-state index in [2.05, 4.69) is 10.3 Å². The number of H-pyrrole nitrogens is 1. The van der Waals surface area contributed by atoms with Crippen molar-refractivity contribution in [2.75, 3.05) is 13.7 Å². The molecule has 0 aliphatic heterocycles. The average molecular weight is 389 g/mol. The molecule has 0 radical (unpaired) electrons. The molecule has 0 saturated heterocycles. The van der Waals surface area contributed by atoms with Gasteiger partial charge in [0.05, 0.1) is 7.11 Å². The number of rotatable bonds is 7. The molecule has 0 atom stereocenters. The van der Waals surface area contributed by atoms with Crippen LogP contribution in [0.25, 0.3) is 21.8 Å². The number of Topliss-reactive ketones (excluding diaryl/α,β-unsaturated/α-hetero) is 1. The molecule has 0 aliphatic carbocycles. The Hall–Kier alpha value is -3.54. The molecule has 4 rings (SSSR count). The molecule has 4 aromatic rings. The highest BCUT2D eigenvalue weighted by molar-refractivity contribution is 6.07. The van der Waals surface area contributed by atoms with E-state index in [-0.39, 0.29) is 18.2 Å². The Labute approximate surface area is 168 Å². The summed E-state index contributed by atoms with van der Waals surface area (Å²) in [5.41, 5.74) is 3.70. The van der Waals surface area contributed by atoms with E-state index in [1.165, 1.54) is 0 Å². The zero-order chi connectivity index (χ0) is 20.4. The molecule has 1 amide bonds. The number of carbonyl (C=O) groups is 2. The van der Waals surface area contributed by atoms with Gasteiger partial charge in [-0.25, -0.2) is 0 Å². The number of hydrogen-bond donors (Lipinski definition) is 2. The fourth-order valence-corrected chi connectivity index (χ4v) is 3.70. The molecule has 0 unspecified atom stereocenters. The first-order valence-electron chi connectivity index (χ1n) is 9.56. The van der Waals surface area contributed by atoms with Crippen LogP contribution in [-0.4, -0.2) is 34.9 Å². The normalized spacial score (nSPS) is 11.1. The third kappa shape index (κ3) is 3.74. The van der Waals surface area contributed by atoms with Crippen LogP contribution in [0, 0.1) is 0 Å². The lowest BCUT2D eigenvalue weighted by Gasteiger charge is -2.07. The van der Waals surface area contributed by atoms with Crippen LogP contribution in [0.5, 0.6) is 5.75 Å². The van der Waals surface area contributed by atoms with Crippen LogP contribution in [0.2, 0.25) is 0 Å². The number of ether oxygens (including phenoxy) is 1. The van der Waals surface area contributed by atoms with Gasteiger partial charge in [0.25, 0.3) is 0 Å². The second-order valence-corrected chi connectivity index (χ2v) is 7.07. The van der Waals surface area contributed by atoms with Crippen molar-refractivity contribution in [2.24, 2.45) is 0 Å². The van der Waals surface area contributed by atoms with Crippen LogP contribution in [0.3, 0.4) is 0 Å². The van der Waals surface area contributed by atoms with Crippen molar-refractivity contribution in [3.05, 3.63) is 66.0 Å².